The number of aromatic nitrogens is 1. The van der Waals surface area contributed by atoms with E-state index in [2.05, 4.69) is 58.6 Å². The average molecular weight is 334 g/mol. The van der Waals surface area contributed by atoms with Crippen LogP contribution >= 0.6 is 0 Å². The second kappa shape index (κ2) is 8.45. The zero-order chi connectivity index (χ0) is 17.5. The molecule has 0 bridgehead atoms. The van der Waals surface area contributed by atoms with Crippen molar-refractivity contribution in [1.29, 1.82) is 0 Å². The Bertz CT molecular complexity index is 808. The Hall–Kier alpha value is -2.65. The third-order valence-corrected chi connectivity index (χ3v) is 4.24. The number of benzene rings is 2. The second-order valence-electron chi connectivity index (χ2n) is 6.16. The molecule has 0 aliphatic heterocycles. The fourth-order valence-electron chi connectivity index (χ4n) is 2.99. The summed E-state index contributed by atoms with van der Waals surface area (Å²) >= 11 is 0. The van der Waals surface area contributed by atoms with Crippen LogP contribution in [0.3, 0.4) is 0 Å². The Morgan fingerprint density at radius 3 is 2.44 bits per heavy atom. The maximum absolute atomic E-state index is 14.0. The van der Waals surface area contributed by atoms with E-state index < -0.39 is 0 Å². The van der Waals surface area contributed by atoms with Crippen LogP contribution in [-0.4, -0.2) is 16.0 Å². The van der Waals surface area contributed by atoms with Gasteiger partial charge in [0.1, 0.15) is 5.82 Å². The molecule has 0 saturated carbocycles. The average Bonchev–Trinajstić information content (AvgIpc) is 3.05. The third-order valence-electron chi connectivity index (χ3n) is 4.24. The normalized spacial score (nSPS) is 11.0. The first-order chi connectivity index (χ1) is 12.3. The van der Waals surface area contributed by atoms with E-state index in [0.29, 0.717) is 18.7 Å². The van der Waals surface area contributed by atoms with Crippen molar-refractivity contribution in [1.82, 2.24) is 9.47 Å². The van der Waals surface area contributed by atoms with Gasteiger partial charge in [0.2, 0.25) is 0 Å². The van der Waals surface area contributed by atoms with Crippen molar-refractivity contribution in [3.05, 3.63) is 108 Å². The lowest BCUT2D eigenvalue weighted by Gasteiger charge is -2.22. The third kappa shape index (κ3) is 4.68. The highest BCUT2D eigenvalue weighted by molar-refractivity contribution is 5.19. The van der Waals surface area contributed by atoms with Gasteiger partial charge in [0.05, 0.1) is 0 Å². The fourth-order valence-corrected chi connectivity index (χ4v) is 2.99. The SMILES string of the molecule is C=CCN(Cc1ccccc1F)Cc1cccn1Cc1ccccc1. The van der Waals surface area contributed by atoms with Gasteiger partial charge in [-0.05, 0) is 23.8 Å². The lowest BCUT2D eigenvalue weighted by atomic mass is 10.2. The summed E-state index contributed by atoms with van der Waals surface area (Å²) in [4.78, 5) is 2.20. The Labute approximate surface area is 148 Å². The zero-order valence-corrected chi connectivity index (χ0v) is 14.3. The van der Waals surface area contributed by atoms with E-state index in [1.54, 1.807) is 6.07 Å². The number of hydrogen-bond acceptors (Lipinski definition) is 1. The molecule has 1 aromatic heterocycles. The molecule has 0 N–H and O–H groups in total. The Morgan fingerprint density at radius 2 is 1.68 bits per heavy atom. The zero-order valence-electron chi connectivity index (χ0n) is 14.3. The van der Waals surface area contributed by atoms with E-state index in [4.69, 9.17) is 0 Å². The summed E-state index contributed by atoms with van der Waals surface area (Å²) in [6.07, 6.45) is 3.96. The van der Waals surface area contributed by atoms with Gasteiger partial charge >= 0.3 is 0 Å². The topological polar surface area (TPSA) is 8.17 Å². The van der Waals surface area contributed by atoms with Crippen LogP contribution in [0, 0.1) is 5.82 Å². The van der Waals surface area contributed by atoms with Gasteiger partial charge in [-0.3, -0.25) is 4.90 Å². The Balaban J connectivity index is 1.73. The number of rotatable bonds is 8. The molecule has 0 unspecified atom stereocenters. The summed E-state index contributed by atoms with van der Waals surface area (Å²) in [5.41, 5.74) is 3.19. The van der Waals surface area contributed by atoms with E-state index in [9.17, 15) is 4.39 Å². The monoisotopic (exact) mass is 334 g/mol. The quantitative estimate of drug-likeness (QED) is 0.534. The minimum atomic E-state index is -0.156. The predicted molar refractivity (Wildman–Crippen MR) is 101 cm³/mol. The van der Waals surface area contributed by atoms with Crippen LogP contribution in [0.2, 0.25) is 0 Å². The van der Waals surface area contributed by atoms with Crippen LogP contribution in [0.4, 0.5) is 4.39 Å². The number of hydrogen-bond donors (Lipinski definition) is 0. The minimum Gasteiger partial charge on any atom is -0.346 e. The molecule has 3 aromatic rings. The highest BCUT2D eigenvalue weighted by Crippen LogP contribution is 2.15. The molecule has 0 saturated heterocycles. The first-order valence-electron chi connectivity index (χ1n) is 8.51. The fraction of sp³-hybridized carbons (Fsp3) is 0.182. The van der Waals surface area contributed by atoms with Gasteiger partial charge in [-0.25, -0.2) is 4.39 Å². The molecule has 0 aliphatic carbocycles. The minimum absolute atomic E-state index is 0.156. The molecule has 0 aliphatic rings. The van der Waals surface area contributed by atoms with Crippen LogP contribution < -0.4 is 0 Å². The summed E-state index contributed by atoms with van der Waals surface area (Å²) in [6.45, 7) is 6.71. The van der Waals surface area contributed by atoms with E-state index in [1.165, 1.54) is 17.3 Å². The smallest absolute Gasteiger partial charge is 0.127 e. The molecule has 0 amide bonds. The molecule has 25 heavy (non-hydrogen) atoms. The molecule has 2 nitrogen and oxygen atoms in total. The van der Waals surface area contributed by atoms with Crippen LogP contribution in [-0.2, 0) is 19.6 Å². The van der Waals surface area contributed by atoms with Gasteiger partial charge in [0.15, 0.2) is 0 Å². The van der Waals surface area contributed by atoms with E-state index >= 15 is 0 Å². The van der Waals surface area contributed by atoms with Crippen molar-refractivity contribution in [3.8, 4) is 0 Å². The van der Waals surface area contributed by atoms with Gasteiger partial charge in [0, 0.05) is 43.6 Å². The Kier molecular flexibility index (Phi) is 5.81. The number of nitrogens with zero attached hydrogens (tertiary/aromatic N) is 2. The molecular weight excluding hydrogens is 311 g/mol. The van der Waals surface area contributed by atoms with Crippen LogP contribution in [0.5, 0.6) is 0 Å². The van der Waals surface area contributed by atoms with Crippen molar-refractivity contribution in [2.75, 3.05) is 6.54 Å². The largest absolute Gasteiger partial charge is 0.346 e. The summed E-state index contributed by atoms with van der Waals surface area (Å²) in [5.74, 6) is -0.156. The predicted octanol–water partition coefficient (Wildman–Crippen LogP) is 4.86. The molecule has 1 heterocycles. The van der Waals surface area contributed by atoms with Gasteiger partial charge in [-0.1, -0.05) is 54.6 Å². The summed E-state index contributed by atoms with van der Waals surface area (Å²) in [5, 5.41) is 0. The molecule has 2 aromatic carbocycles. The molecule has 0 spiro atoms. The second-order valence-corrected chi connectivity index (χ2v) is 6.16. The summed E-state index contributed by atoms with van der Waals surface area (Å²) in [6, 6.07) is 21.5. The van der Waals surface area contributed by atoms with Crippen LogP contribution in [0.15, 0.2) is 85.6 Å². The lowest BCUT2D eigenvalue weighted by Crippen LogP contribution is -2.25. The first-order valence-corrected chi connectivity index (χ1v) is 8.51. The Morgan fingerprint density at radius 1 is 0.920 bits per heavy atom. The standard InChI is InChI=1S/C22H23FN2/c1-2-14-24(17-20-11-6-7-13-22(20)23)18-21-12-8-15-25(21)16-19-9-4-3-5-10-19/h2-13,15H,1,14,16-18H2. The molecule has 3 rings (SSSR count). The van der Waals surface area contributed by atoms with Gasteiger partial charge in [-0.15, -0.1) is 6.58 Å². The van der Waals surface area contributed by atoms with E-state index in [1.807, 2.05) is 24.3 Å². The van der Waals surface area contributed by atoms with Crippen molar-refractivity contribution in [2.24, 2.45) is 0 Å². The highest BCUT2D eigenvalue weighted by Gasteiger charge is 2.11. The van der Waals surface area contributed by atoms with Crippen LogP contribution in [0.25, 0.3) is 0 Å². The van der Waals surface area contributed by atoms with Gasteiger partial charge < -0.3 is 4.57 Å². The van der Waals surface area contributed by atoms with Crippen molar-refractivity contribution >= 4 is 0 Å². The van der Waals surface area contributed by atoms with Crippen molar-refractivity contribution < 1.29 is 4.39 Å². The van der Waals surface area contributed by atoms with Crippen molar-refractivity contribution in [3.63, 3.8) is 0 Å². The molecule has 0 radical (unpaired) electrons. The lowest BCUT2D eigenvalue weighted by molar-refractivity contribution is 0.274. The molecule has 0 atom stereocenters. The maximum atomic E-state index is 14.0. The molecular formula is C22H23FN2. The summed E-state index contributed by atoms with van der Waals surface area (Å²) < 4.78 is 16.2. The molecule has 3 heteroatoms. The van der Waals surface area contributed by atoms with Crippen LogP contribution in [0.1, 0.15) is 16.8 Å². The maximum Gasteiger partial charge on any atom is 0.127 e. The highest BCUT2D eigenvalue weighted by atomic mass is 19.1. The van der Waals surface area contributed by atoms with Crippen molar-refractivity contribution in [2.45, 2.75) is 19.6 Å². The number of halogens is 1. The summed E-state index contributed by atoms with van der Waals surface area (Å²) in [7, 11) is 0. The molecule has 128 valence electrons. The molecule has 0 fully saturated rings. The van der Waals surface area contributed by atoms with Gasteiger partial charge in [0.25, 0.3) is 0 Å². The van der Waals surface area contributed by atoms with E-state index in [-0.39, 0.29) is 5.82 Å². The first kappa shape index (κ1) is 17.2. The van der Waals surface area contributed by atoms with Gasteiger partial charge in [-0.2, -0.15) is 0 Å². The van der Waals surface area contributed by atoms with E-state index in [0.717, 1.165) is 13.1 Å².